The Morgan fingerprint density at radius 1 is 1.15 bits per heavy atom. The number of aromatic nitrogens is 1. The lowest BCUT2D eigenvalue weighted by Crippen LogP contribution is -2.49. The predicted octanol–water partition coefficient (Wildman–Crippen LogP) is 3.66. The highest BCUT2D eigenvalue weighted by Crippen LogP contribution is 2.48. The van der Waals surface area contributed by atoms with Gasteiger partial charge >= 0.3 is 11.9 Å². The molecule has 0 unspecified atom stereocenters. The normalized spacial score (nSPS) is 19.9. The maximum Gasteiger partial charge on any atom is 0.323 e. The van der Waals surface area contributed by atoms with E-state index in [1.54, 1.807) is 25.1 Å². The van der Waals surface area contributed by atoms with Crippen molar-refractivity contribution in [2.45, 2.75) is 63.8 Å². The van der Waals surface area contributed by atoms with Gasteiger partial charge in [-0.1, -0.05) is 32.0 Å². The van der Waals surface area contributed by atoms with Gasteiger partial charge in [0.15, 0.2) is 0 Å². The fourth-order valence-corrected chi connectivity index (χ4v) is 6.77. The second-order valence-electron chi connectivity index (χ2n) is 9.73. The van der Waals surface area contributed by atoms with Gasteiger partial charge in [-0.2, -0.15) is 13.1 Å². The number of benzene rings is 1. The summed E-state index contributed by atoms with van der Waals surface area (Å²) in [7, 11) is -3.79. The average molecular weight is 495 g/mol. The van der Waals surface area contributed by atoms with Crippen LogP contribution in [0.25, 0.3) is 0 Å². The molecule has 0 amide bonds. The number of Topliss-reactive ketones (excluding diaryl/α,β-unsaturated/α-hetero) is 1. The Labute approximate surface area is 197 Å². The molecular weight excluding hydrogens is 466 g/mol. The van der Waals surface area contributed by atoms with Crippen molar-refractivity contribution in [3.05, 3.63) is 52.3 Å². The molecule has 7 nitrogen and oxygen atoms in total. The SMILES string of the molecule is Cc1c(Cc2ccccc2S(=O)(=O)N2CCCC2)c2c(n1CC(=O)O)CC(C)(C)C(F)(F)C2=O. The highest BCUT2D eigenvalue weighted by atomic mass is 32.2. The van der Waals surface area contributed by atoms with Crippen LogP contribution >= 0.6 is 0 Å². The van der Waals surface area contributed by atoms with Crippen molar-refractivity contribution >= 4 is 21.8 Å². The van der Waals surface area contributed by atoms with Crippen LogP contribution in [0.3, 0.4) is 0 Å². The molecule has 1 N–H and O–H groups in total. The van der Waals surface area contributed by atoms with Gasteiger partial charge < -0.3 is 9.67 Å². The number of carbonyl (C=O) groups is 2. The Morgan fingerprint density at radius 3 is 2.38 bits per heavy atom. The highest BCUT2D eigenvalue weighted by molar-refractivity contribution is 7.89. The summed E-state index contributed by atoms with van der Waals surface area (Å²) in [6, 6.07) is 6.36. The molecule has 1 fully saturated rings. The van der Waals surface area contributed by atoms with Crippen molar-refractivity contribution in [3.8, 4) is 0 Å². The van der Waals surface area contributed by atoms with Crippen molar-refractivity contribution in [3.63, 3.8) is 0 Å². The van der Waals surface area contributed by atoms with Gasteiger partial charge in [-0.05, 0) is 43.4 Å². The summed E-state index contributed by atoms with van der Waals surface area (Å²) in [6.45, 7) is 4.53. The summed E-state index contributed by atoms with van der Waals surface area (Å²) in [6.07, 6.45) is 1.28. The molecule has 1 aromatic carbocycles. The van der Waals surface area contributed by atoms with E-state index in [1.807, 2.05) is 0 Å². The number of fused-ring (bicyclic) bond motifs is 1. The first-order valence-corrected chi connectivity index (χ1v) is 12.7. The van der Waals surface area contributed by atoms with E-state index in [9.17, 15) is 23.1 Å². The molecule has 4 rings (SSSR count). The van der Waals surface area contributed by atoms with Crippen molar-refractivity contribution < 1.29 is 31.9 Å². The van der Waals surface area contributed by atoms with E-state index in [2.05, 4.69) is 0 Å². The van der Waals surface area contributed by atoms with Crippen molar-refractivity contribution in [2.24, 2.45) is 5.41 Å². The molecule has 0 spiro atoms. The van der Waals surface area contributed by atoms with Gasteiger partial charge in [0.25, 0.3) is 0 Å². The summed E-state index contributed by atoms with van der Waals surface area (Å²) in [5, 5.41) is 9.42. The fraction of sp³-hybridized carbons (Fsp3) is 0.500. The third-order valence-electron chi connectivity index (χ3n) is 7.05. The number of hydrogen-bond donors (Lipinski definition) is 1. The summed E-state index contributed by atoms with van der Waals surface area (Å²) >= 11 is 0. The summed E-state index contributed by atoms with van der Waals surface area (Å²) in [5.41, 5.74) is -0.601. The second-order valence-corrected chi connectivity index (χ2v) is 11.6. The van der Waals surface area contributed by atoms with Crippen molar-refractivity contribution in [1.29, 1.82) is 0 Å². The number of aliphatic carboxylic acids is 1. The van der Waals surface area contributed by atoms with Crippen LogP contribution in [-0.4, -0.2) is 53.2 Å². The molecule has 34 heavy (non-hydrogen) atoms. The number of alkyl halides is 2. The van der Waals surface area contributed by atoms with E-state index >= 15 is 8.78 Å². The first-order valence-electron chi connectivity index (χ1n) is 11.2. The smallest absolute Gasteiger partial charge is 0.323 e. The van der Waals surface area contributed by atoms with Crippen LogP contribution in [-0.2, 0) is 34.2 Å². The summed E-state index contributed by atoms with van der Waals surface area (Å²) < 4.78 is 59.5. The molecule has 0 radical (unpaired) electrons. The predicted molar refractivity (Wildman–Crippen MR) is 121 cm³/mol. The van der Waals surface area contributed by atoms with Crippen molar-refractivity contribution in [1.82, 2.24) is 8.87 Å². The molecule has 0 bridgehead atoms. The third kappa shape index (κ3) is 3.76. The molecule has 1 aromatic heterocycles. The van der Waals surface area contributed by atoms with E-state index in [1.165, 1.54) is 28.8 Å². The zero-order chi connectivity index (χ0) is 25.1. The van der Waals surface area contributed by atoms with Gasteiger partial charge in [0.2, 0.25) is 15.8 Å². The molecule has 1 aliphatic heterocycles. The Balaban J connectivity index is 1.88. The van der Waals surface area contributed by atoms with Crippen LogP contribution < -0.4 is 0 Å². The topological polar surface area (TPSA) is 96.7 Å². The van der Waals surface area contributed by atoms with Crippen LogP contribution in [0.15, 0.2) is 29.2 Å². The number of sulfonamides is 1. The molecule has 0 atom stereocenters. The number of carboxylic acids is 1. The molecule has 2 aromatic rings. The number of carbonyl (C=O) groups excluding carboxylic acids is 1. The Bertz CT molecular complexity index is 1270. The van der Waals surface area contributed by atoms with E-state index in [-0.39, 0.29) is 34.6 Å². The number of rotatable bonds is 6. The Morgan fingerprint density at radius 2 is 1.76 bits per heavy atom. The van der Waals surface area contributed by atoms with E-state index in [0.717, 1.165) is 12.8 Å². The van der Waals surface area contributed by atoms with Crippen molar-refractivity contribution in [2.75, 3.05) is 13.1 Å². The zero-order valence-electron chi connectivity index (χ0n) is 19.4. The Kier molecular flexibility index (Phi) is 5.96. The van der Waals surface area contributed by atoms with Crippen LogP contribution in [0.2, 0.25) is 0 Å². The van der Waals surface area contributed by atoms with Gasteiger partial charge in [0.05, 0.1) is 4.90 Å². The number of ketones is 1. The first kappa shape index (κ1) is 24.5. The van der Waals surface area contributed by atoms with Crippen LogP contribution in [0.5, 0.6) is 0 Å². The van der Waals surface area contributed by atoms with Gasteiger partial charge in [-0.3, -0.25) is 9.59 Å². The lowest BCUT2D eigenvalue weighted by Gasteiger charge is -2.37. The molecule has 2 aliphatic rings. The quantitative estimate of drug-likeness (QED) is 0.661. The van der Waals surface area contributed by atoms with Gasteiger partial charge in [0, 0.05) is 41.9 Å². The van der Waals surface area contributed by atoms with E-state index in [4.69, 9.17) is 0 Å². The van der Waals surface area contributed by atoms with Crippen LogP contribution in [0.4, 0.5) is 8.78 Å². The monoisotopic (exact) mass is 494 g/mol. The maximum atomic E-state index is 15.1. The average Bonchev–Trinajstić information content (AvgIpc) is 3.37. The molecule has 2 heterocycles. The van der Waals surface area contributed by atoms with Gasteiger partial charge in [0.1, 0.15) is 6.54 Å². The highest BCUT2D eigenvalue weighted by Gasteiger charge is 2.58. The first-order chi connectivity index (χ1) is 15.8. The van der Waals surface area contributed by atoms with Crippen LogP contribution in [0.1, 0.15) is 59.6 Å². The lowest BCUT2D eigenvalue weighted by molar-refractivity contribution is -0.137. The Hall–Kier alpha value is -2.59. The number of carboxylic acid groups (broad SMARTS) is 1. The minimum atomic E-state index is -3.79. The lowest BCUT2D eigenvalue weighted by atomic mass is 9.72. The zero-order valence-corrected chi connectivity index (χ0v) is 20.2. The maximum absolute atomic E-state index is 15.1. The minimum absolute atomic E-state index is 0.0754. The van der Waals surface area contributed by atoms with E-state index < -0.39 is 39.7 Å². The third-order valence-corrected chi connectivity index (χ3v) is 9.04. The molecule has 1 aliphatic carbocycles. The van der Waals surface area contributed by atoms with E-state index in [0.29, 0.717) is 24.3 Å². The molecule has 184 valence electrons. The molecular formula is C24H28F2N2O5S. The number of hydrogen-bond acceptors (Lipinski definition) is 4. The molecule has 10 heteroatoms. The number of halogens is 2. The standard InChI is InChI=1S/C24H28F2N2O5S/c1-15-17(12-16-8-4-5-9-19(16)34(32,33)27-10-6-7-11-27)21-18(28(15)14-20(29)30)13-23(2,3)24(25,26)22(21)31/h4-5,8-9H,6-7,10-14H2,1-3H3,(H,29,30). The minimum Gasteiger partial charge on any atom is -0.480 e. The molecule has 0 saturated carbocycles. The second kappa shape index (κ2) is 8.27. The van der Waals surface area contributed by atoms with Gasteiger partial charge in [-0.25, -0.2) is 8.42 Å². The van der Waals surface area contributed by atoms with Crippen LogP contribution in [0, 0.1) is 12.3 Å². The summed E-state index contributed by atoms with van der Waals surface area (Å²) in [5.74, 6) is -6.15. The number of nitrogens with zero attached hydrogens (tertiary/aromatic N) is 2. The largest absolute Gasteiger partial charge is 0.480 e. The molecule has 1 saturated heterocycles. The fourth-order valence-electron chi connectivity index (χ4n) is 5.03. The summed E-state index contributed by atoms with van der Waals surface area (Å²) in [4.78, 5) is 24.7. The van der Waals surface area contributed by atoms with Gasteiger partial charge in [-0.15, -0.1) is 0 Å².